The average Bonchev–Trinajstić information content (AvgIpc) is 3.69. The number of carbonyl (C=O) groups excluding carboxylic acids is 1. The molecule has 0 saturated heterocycles. The molecule has 3 aromatic rings. The first-order valence-electron chi connectivity index (χ1n) is 13.7. The van der Waals surface area contributed by atoms with E-state index in [1.807, 2.05) is 0 Å². The van der Waals surface area contributed by atoms with Gasteiger partial charge in [0.05, 0.1) is 18.5 Å². The molecule has 1 heterocycles. The highest BCUT2D eigenvalue weighted by Crippen LogP contribution is 2.57. The van der Waals surface area contributed by atoms with Crippen LogP contribution in [0.2, 0.25) is 5.02 Å². The third-order valence-corrected chi connectivity index (χ3v) is 7.81. The number of amides is 1. The van der Waals surface area contributed by atoms with E-state index in [4.69, 9.17) is 26.3 Å². The molecule has 2 aliphatic rings. The summed E-state index contributed by atoms with van der Waals surface area (Å²) in [6, 6.07) is 15.4. The number of carbonyl (C=O) groups is 1. The average molecular weight is 618 g/mol. The smallest absolute Gasteiger partial charge is 0.497 e. The predicted molar refractivity (Wildman–Crippen MR) is 157 cm³/mol. The number of hydrogen-bond acceptors (Lipinski definition) is 7. The second-order valence-corrected chi connectivity index (χ2v) is 11.0. The van der Waals surface area contributed by atoms with Crippen molar-refractivity contribution in [2.45, 2.75) is 44.0 Å². The van der Waals surface area contributed by atoms with Crippen molar-refractivity contribution in [1.82, 2.24) is 0 Å². The van der Waals surface area contributed by atoms with Gasteiger partial charge in [-0.15, -0.1) is 13.2 Å². The number of oxime groups is 1. The van der Waals surface area contributed by atoms with Gasteiger partial charge in [-0.25, -0.2) is 0 Å². The van der Waals surface area contributed by atoms with Crippen LogP contribution < -0.4 is 19.7 Å². The van der Waals surface area contributed by atoms with Crippen molar-refractivity contribution in [1.29, 1.82) is 0 Å². The second kappa shape index (κ2) is 12.3. The zero-order valence-electron chi connectivity index (χ0n) is 23.6. The van der Waals surface area contributed by atoms with Crippen LogP contribution in [0.25, 0.3) is 0 Å². The van der Waals surface area contributed by atoms with E-state index in [0.717, 1.165) is 18.4 Å². The first-order valence-corrected chi connectivity index (χ1v) is 14.1. The summed E-state index contributed by atoms with van der Waals surface area (Å²) in [6.45, 7) is 2.35. The minimum absolute atomic E-state index is 0.0127. The summed E-state index contributed by atoms with van der Waals surface area (Å²) in [6.07, 6.45) is -2.75. The standard InChI is InChI=1S/C31H31ClF3N3O5/c1-19(37-42-13-3-12-39)21-14-23(16-25(15-21)41-2)36-28(20-4-6-22(32)7-5-20)29(40)38-18-30(10-11-30)26-9-8-24(17-27(26)38)43-31(33,34)35/h4-9,14-17,28,36,39H,3,10-13,18H2,1-2H3. The number of rotatable bonds is 11. The SMILES string of the molecule is COc1cc(NC(C(=O)N2CC3(CC3)c3ccc(OC(F)(F)F)cc32)c2ccc(Cl)cc2)cc(C(C)=NOCCCO)c1. The number of nitrogens with zero attached hydrogens (tertiary/aromatic N) is 2. The van der Waals surface area contributed by atoms with E-state index in [-0.39, 0.29) is 30.3 Å². The Morgan fingerprint density at radius 2 is 1.86 bits per heavy atom. The van der Waals surface area contributed by atoms with Gasteiger partial charge in [0.25, 0.3) is 5.91 Å². The number of fused-ring (bicyclic) bond motifs is 2. The van der Waals surface area contributed by atoms with Crippen molar-refractivity contribution in [2.24, 2.45) is 5.16 Å². The van der Waals surface area contributed by atoms with E-state index in [9.17, 15) is 18.0 Å². The molecule has 3 aromatic carbocycles. The van der Waals surface area contributed by atoms with Crippen molar-refractivity contribution >= 4 is 34.6 Å². The summed E-state index contributed by atoms with van der Waals surface area (Å²) >= 11 is 6.15. The number of aliphatic hydroxyl groups excluding tert-OH is 1. The summed E-state index contributed by atoms with van der Waals surface area (Å²) in [4.78, 5) is 21.2. The molecule has 1 aliphatic carbocycles. The molecule has 0 radical (unpaired) electrons. The number of methoxy groups -OCH3 is 1. The number of halogens is 4. The van der Waals surface area contributed by atoms with E-state index in [0.29, 0.717) is 52.0 Å². The minimum atomic E-state index is -4.86. The van der Waals surface area contributed by atoms with Gasteiger partial charge >= 0.3 is 6.36 Å². The Balaban J connectivity index is 1.50. The lowest BCUT2D eigenvalue weighted by atomic mass is 9.99. The highest BCUT2D eigenvalue weighted by atomic mass is 35.5. The maximum atomic E-state index is 14.4. The fourth-order valence-corrected chi connectivity index (χ4v) is 5.35. The van der Waals surface area contributed by atoms with Crippen LogP contribution in [-0.4, -0.2) is 50.0 Å². The number of nitrogens with one attached hydrogen (secondary N) is 1. The predicted octanol–water partition coefficient (Wildman–Crippen LogP) is 6.60. The maximum absolute atomic E-state index is 14.4. The fourth-order valence-electron chi connectivity index (χ4n) is 5.23. The molecule has 5 rings (SSSR count). The molecule has 1 spiro atoms. The van der Waals surface area contributed by atoms with Crippen LogP contribution in [0.4, 0.5) is 24.5 Å². The molecule has 2 N–H and O–H groups in total. The van der Waals surface area contributed by atoms with Gasteiger partial charge in [0.2, 0.25) is 0 Å². The van der Waals surface area contributed by atoms with E-state index in [2.05, 4.69) is 15.2 Å². The normalized spacial score (nSPS) is 16.1. The highest BCUT2D eigenvalue weighted by Gasteiger charge is 2.54. The van der Waals surface area contributed by atoms with Gasteiger partial charge < -0.3 is 29.6 Å². The summed E-state index contributed by atoms with van der Waals surface area (Å²) < 4.78 is 48.8. The molecule has 12 heteroatoms. The first kappa shape index (κ1) is 30.5. The van der Waals surface area contributed by atoms with Gasteiger partial charge in [-0.3, -0.25) is 4.79 Å². The summed E-state index contributed by atoms with van der Waals surface area (Å²) in [5.74, 6) is -0.227. The molecule has 1 fully saturated rings. The van der Waals surface area contributed by atoms with Crippen LogP contribution in [0, 0.1) is 0 Å². The van der Waals surface area contributed by atoms with Gasteiger partial charge in [0, 0.05) is 53.4 Å². The lowest BCUT2D eigenvalue weighted by Gasteiger charge is -2.27. The van der Waals surface area contributed by atoms with Gasteiger partial charge in [0.15, 0.2) is 0 Å². The number of anilines is 2. The topological polar surface area (TPSA) is 92.6 Å². The van der Waals surface area contributed by atoms with Crippen LogP contribution in [0.1, 0.15) is 48.9 Å². The van der Waals surface area contributed by atoms with Gasteiger partial charge in [-0.05, 0) is 61.2 Å². The van der Waals surface area contributed by atoms with Crippen LogP contribution in [0.5, 0.6) is 11.5 Å². The Hall–Kier alpha value is -3.96. The third kappa shape index (κ3) is 7.00. The summed E-state index contributed by atoms with van der Waals surface area (Å²) in [5.41, 5.74) is 3.33. The third-order valence-electron chi connectivity index (χ3n) is 7.56. The van der Waals surface area contributed by atoms with Crippen LogP contribution >= 0.6 is 11.6 Å². The molecule has 1 unspecified atom stereocenters. The van der Waals surface area contributed by atoms with Crippen molar-refractivity contribution in [3.63, 3.8) is 0 Å². The Bertz CT molecular complexity index is 1510. The molecular weight excluding hydrogens is 587 g/mol. The van der Waals surface area contributed by atoms with Gasteiger partial charge in [-0.2, -0.15) is 0 Å². The summed E-state index contributed by atoms with van der Waals surface area (Å²) in [7, 11) is 1.52. The molecule has 1 aliphatic heterocycles. The van der Waals surface area contributed by atoms with Crippen molar-refractivity contribution in [2.75, 3.05) is 37.1 Å². The Morgan fingerprint density at radius 1 is 1.12 bits per heavy atom. The molecule has 0 aromatic heterocycles. The van der Waals surface area contributed by atoms with Crippen molar-refractivity contribution < 1.29 is 37.4 Å². The zero-order valence-corrected chi connectivity index (χ0v) is 24.3. The fraction of sp³-hybridized carbons (Fsp3) is 0.355. The minimum Gasteiger partial charge on any atom is -0.497 e. The van der Waals surface area contributed by atoms with E-state index in [1.54, 1.807) is 60.4 Å². The lowest BCUT2D eigenvalue weighted by molar-refractivity contribution is -0.274. The van der Waals surface area contributed by atoms with E-state index < -0.39 is 12.4 Å². The molecular formula is C31H31ClF3N3O5. The van der Waals surface area contributed by atoms with E-state index in [1.165, 1.54) is 19.2 Å². The quantitative estimate of drug-likeness (QED) is 0.143. The zero-order chi connectivity index (χ0) is 30.8. The van der Waals surface area contributed by atoms with Crippen molar-refractivity contribution in [3.8, 4) is 11.5 Å². The Kier molecular flexibility index (Phi) is 8.75. The monoisotopic (exact) mass is 617 g/mol. The largest absolute Gasteiger partial charge is 0.573 e. The number of aliphatic hydroxyl groups is 1. The number of hydrogen-bond donors (Lipinski definition) is 2. The number of ether oxygens (including phenoxy) is 2. The maximum Gasteiger partial charge on any atom is 0.573 e. The van der Waals surface area contributed by atoms with Gasteiger partial charge in [-0.1, -0.05) is 35.0 Å². The van der Waals surface area contributed by atoms with Crippen LogP contribution in [0.3, 0.4) is 0 Å². The molecule has 43 heavy (non-hydrogen) atoms. The highest BCUT2D eigenvalue weighted by molar-refractivity contribution is 6.30. The lowest BCUT2D eigenvalue weighted by Crippen LogP contribution is -2.38. The summed E-state index contributed by atoms with van der Waals surface area (Å²) in [5, 5.41) is 16.9. The molecule has 8 nitrogen and oxygen atoms in total. The van der Waals surface area contributed by atoms with E-state index >= 15 is 0 Å². The van der Waals surface area contributed by atoms with Crippen LogP contribution in [-0.2, 0) is 15.0 Å². The van der Waals surface area contributed by atoms with Gasteiger partial charge in [0.1, 0.15) is 24.1 Å². The first-order chi connectivity index (χ1) is 20.5. The Labute approximate surface area is 252 Å². The second-order valence-electron chi connectivity index (χ2n) is 10.6. The number of benzene rings is 3. The Morgan fingerprint density at radius 3 is 2.51 bits per heavy atom. The molecule has 1 atom stereocenters. The molecule has 228 valence electrons. The molecule has 1 amide bonds. The molecule has 0 bridgehead atoms. The number of alkyl halides is 3. The van der Waals surface area contributed by atoms with Crippen molar-refractivity contribution in [3.05, 3.63) is 82.4 Å². The van der Waals surface area contributed by atoms with Crippen LogP contribution in [0.15, 0.2) is 65.8 Å². The molecule has 1 saturated carbocycles.